The van der Waals surface area contributed by atoms with Crippen molar-refractivity contribution in [1.29, 1.82) is 0 Å². The second kappa shape index (κ2) is 7.89. The molecule has 1 atom stereocenters. The number of amides is 1. The summed E-state index contributed by atoms with van der Waals surface area (Å²) in [4.78, 5) is 34.0. The summed E-state index contributed by atoms with van der Waals surface area (Å²) in [6, 6.07) is 0. The molecule has 0 saturated carbocycles. The fourth-order valence-electron chi connectivity index (χ4n) is 4.12. The third-order valence-electron chi connectivity index (χ3n) is 5.91. The minimum absolute atomic E-state index is 0. The van der Waals surface area contributed by atoms with E-state index in [9.17, 15) is 9.59 Å². The van der Waals surface area contributed by atoms with E-state index >= 15 is 0 Å². The van der Waals surface area contributed by atoms with Crippen LogP contribution in [0.5, 0.6) is 0 Å². The standard InChI is InChI=1S/C19H26N4O2S.ClH/c1-19(10-20)7-9-22(11-19)15(24)6-8-23-12-21-17-16(18(23)25)13-4-2-3-5-14(13)26-17;/h12H,2-11,20H2,1H3;1H. The SMILES string of the molecule is CC1(CN)CCN(C(=O)CCn2cnc3sc4c(c3c2=O)CCCC4)C1.Cl. The first-order valence-electron chi connectivity index (χ1n) is 9.48. The maximum Gasteiger partial charge on any atom is 0.262 e. The number of nitrogens with two attached hydrogens (primary N) is 1. The zero-order chi connectivity index (χ0) is 18.3. The van der Waals surface area contributed by atoms with Crippen LogP contribution in [0.4, 0.5) is 0 Å². The average molecular weight is 411 g/mol. The average Bonchev–Trinajstić information content (AvgIpc) is 3.22. The van der Waals surface area contributed by atoms with Gasteiger partial charge in [0.15, 0.2) is 0 Å². The third kappa shape index (κ3) is 3.77. The fraction of sp³-hybridized carbons (Fsp3) is 0.632. The molecule has 0 spiro atoms. The number of aromatic nitrogens is 2. The van der Waals surface area contributed by atoms with Gasteiger partial charge in [-0.2, -0.15) is 0 Å². The van der Waals surface area contributed by atoms with Crippen LogP contribution < -0.4 is 11.3 Å². The Balaban J connectivity index is 0.00000210. The molecule has 1 amide bonds. The summed E-state index contributed by atoms with van der Waals surface area (Å²) in [5.41, 5.74) is 7.06. The lowest BCUT2D eigenvalue weighted by Gasteiger charge is -2.22. The van der Waals surface area contributed by atoms with E-state index in [1.54, 1.807) is 22.2 Å². The molecule has 2 aliphatic rings. The van der Waals surface area contributed by atoms with Gasteiger partial charge in [0.25, 0.3) is 5.56 Å². The summed E-state index contributed by atoms with van der Waals surface area (Å²) < 4.78 is 1.61. The van der Waals surface area contributed by atoms with Gasteiger partial charge in [0.05, 0.1) is 11.7 Å². The molecule has 2 N–H and O–H groups in total. The van der Waals surface area contributed by atoms with Crippen molar-refractivity contribution >= 4 is 39.9 Å². The highest BCUT2D eigenvalue weighted by Gasteiger charge is 2.34. The van der Waals surface area contributed by atoms with Gasteiger partial charge in [-0.25, -0.2) is 4.98 Å². The van der Waals surface area contributed by atoms with Gasteiger partial charge in [-0.1, -0.05) is 6.92 Å². The van der Waals surface area contributed by atoms with Crippen molar-refractivity contribution in [3.05, 3.63) is 27.1 Å². The van der Waals surface area contributed by atoms with E-state index in [1.165, 1.54) is 16.9 Å². The van der Waals surface area contributed by atoms with Crippen LogP contribution in [-0.4, -0.2) is 40.0 Å². The molecule has 4 rings (SSSR count). The Kier molecular flexibility index (Phi) is 5.93. The van der Waals surface area contributed by atoms with Crippen LogP contribution in [0.25, 0.3) is 10.2 Å². The highest BCUT2D eigenvalue weighted by atomic mass is 35.5. The van der Waals surface area contributed by atoms with Crippen molar-refractivity contribution in [2.45, 2.75) is 52.0 Å². The van der Waals surface area contributed by atoms with E-state index in [0.29, 0.717) is 26.1 Å². The molecular weight excluding hydrogens is 384 g/mol. The molecule has 0 bridgehead atoms. The topological polar surface area (TPSA) is 81.2 Å². The number of aryl methyl sites for hydroxylation is 3. The molecule has 1 fully saturated rings. The van der Waals surface area contributed by atoms with Crippen molar-refractivity contribution in [2.75, 3.05) is 19.6 Å². The Hall–Kier alpha value is -1.44. The summed E-state index contributed by atoms with van der Waals surface area (Å²) >= 11 is 1.66. The first kappa shape index (κ1) is 20.3. The molecule has 1 saturated heterocycles. The van der Waals surface area contributed by atoms with Crippen LogP contribution in [0.2, 0.25) is 0 Å². The molecule has 2 aromatic rings. The number of likely N-dealkylation sites (tertiary alicyclic amines) is 1. The molecular formula is C19H27ClN4O2S. The lowest BCUT2D eigenvalue weighted by molar-refractivity contribution is -0.130. The summed E-state index contributed by atoms with van der Waals surface area (Å²) in [6.45, 7) is 4.59. The van der Waals surface area contributed by atoms with Crippen molar-refractivity contribution in [2.24, 2.45) is 11.1 Å². The number of hydrogen-bond donors (Lipinski definition) is 1. The number of halogens is 1. The Morgan fingerprint density at radius 3 is 2.89 bits per heavy atom. The molecule has 27 heavy (non-hydrogen) atoms. The van der Waals surface area contributed by atoms with Crippen LogP contribution in [0.1, 0.15) is 43.0 Å². The van der Waals surface area contributed by atoms with E-state index in [0.717, 1.165) is 42.4 Å². The number of rotatable bonds is 4. The van der Waals surface area contributed by atoms with E-state index in [1.807, 2.05) is 4.90 Å². The highest BCUT2D eigenvalue weighted by molar-refractivity contribution is 7.18. The van der Waals surface area contributed by atoms with E-state index in [-0.39, 0.29) is 29.3 Å². The fourth-order valence-corrected chi connectivity index (χ4v) is 5.34. The van der Waals surface area contributed by atoms with Gasteiger partial charge < -0.3 is 10.6 Å². The number of carbonyl (C=O) groups is 1. The molecule has 8 heteroatoms. The Bertz CT molecular complexity index is 909. The molecule has 0 aromatic carbocycles. The van der Waals surface area contributed by atoms with E-state index < -0.39 is 0 Å². The molecule has 3 heterocycles. The predicted molar refractivity (Wildman–Crippen MR) is 111 cm³/mol. The molecule has 148 valence electrons. The summed E-state index contributed by atoms with van der Waals surface area (Å²) in [5, 5.41) is 0.788. The number of thiophene rings is 1. The zero-order valence-electron chi connectivity index (χ0n) is 15.7. The van der Waals surface area contributed by atoms with Crippen LogP contribution in [-0.2, 0) is 24.2 Å². The van der Waals surface area contributed by atoms with Gasteiger partial charge in [0.1, 0.15) is 4.83 Å². The van der Waals surface area contributed by atoms with Crippen LogP contribution in [0.3, 0.4) is 0 Å². The zero-order valence-corrected chi connectivity index (χ0v) is 17.3. The normalized spacial score (nSPS) is 21.9. The quantitative estimate of drug-likeness (QED) is 0.838. The van der Waals surface area contributed by atoms with Crippen molar-refractivity contribution in [3.8, 4) is 0 Å². The second-order valence-electron chi connectivity index (χ2n) is 7.96. The molecule has 6 nitrogen and oxygen atoms in total. The van der Waals surface area contributed by atoms with Gasteiger partial charge in [-0.3, -0.25) is 14.2 Å². The number of nitrogens with zero attached hydrogens (tertiary/aromatic N) is 3. The summed E-state index contributed by atoms with van der Waals surface area (Å²) in [7, 11) is 0. The van der Waals surface area contributed by atoms with Crippen molar-refractivity contribution in [3.63, 3.8) is 0 Å². The predicted octanol–water partition coefficient (Wildman–Crippen LogP) is 2.35. The van der Waals surface area contributed by atoms with Gasteiger partial charge in [0, 0.05) is 30.9 Å². The molecule has 2 aromatic heterocycles. The number of fused-ring (bicyclic) bond motifs is 3. The minimum atomic E-state index is 0. The third-order valence-corrected chi connectivity index (χ3v) is 7.11. The molecule has 0 radical (unpaired) electrons. The van der Waals surface area contributed by atoms with Gasteiger partial charge >= 0.3 is 0 Å². The second-order valence-corrected chi connectivity index (χ2v) is 9.05. The lowest BCUT2D eigenvalue weighted by Crippen LogP contribution is -2.35. The van der Waals surface area contributed by atoms with Crippen molar-refractivity contribution in [1.82, 2.24) is 14.5 Å². The smallest absolute Gasteiger partial charge is 0.262 e. The first-order chi connectivity index (χ1) is 12.5. The van der Waals surface area contributed by atoms with Gasteiger partial charge in [-0.05, 0) is 49.6 Å². The Labute approximate surface area is 169 Å². The number of carbonyl (C=O) groups excluding carboxylic acids is 1. The molecule has 1 aliphatic heterocycles. The largest absolute Gasteiger partial charge is 0.342 e. The first-order valence-corrected chi connectivity index (χ1v) is 10.3. The monoisotopic (exact) mass is 410 g/mol. The van der Waals surface area contributed by atoms with E-state index in [4.69, 9.17) is 5.73 Å². The molecule has 1 unspecified atom stereocenters. The lowest BCUT2D eigenvalue weighted by atomic mass is 9.90. The Morgan fingerprint density at radius 1 is 1.37 bits per heavy atom. The van der Waals surface area contributed by atoms with Crippen LogP contribution >= 0.6 is 23.7 Å². The van der Waals surface area contributed by atoms with Crippen molar-refractivity contribution < 1.29 is 4.79 Å². The van der Waals surface area contributed by atoms with Crippen LogP contribution in [0.15, 0.2) is 11.1 Å². The number of hydrogen-bond acceptors (Lipinski definition) is 5. The van der Waals surface area contributed by atoms with Crippen LogP contribution in [0, 0.1) is 5.41 Å². The van der Waals surface area contributed by atoms with E-state index in [2.05, 4.69) is 11.9 Å². The maximum atomic E-state index is 12.9. The molecule has 1 aliphatic carbocycles. The minimum Gasteiger partial charge on any atom is -0.342 e. The van der Waals surface area contributed by atoms with Gasteiger partial charge in [-0.15, -0.1) is 23.7 Å². The highest BCUT2D eigenvalue weighted by Crippen LogP contribution is 2.33. The maximum absolute atomic E-state index is 12.9. The summed E-state index contributed by atoms with van der Waals surface area (Å²) in [6.07, 6.45) is 7.25. The van der Waals surface area contributed by atoms with Gasteiger partial charge in [0.2, 0.25) is 5.91 Å². The summed E-state index contributed by atoms with van der Waals surface area (Å²) in [5.74, 6) is 0.0986. The Morgan fingerprint density at radius 2 is 2.15 bits per heavy atom.